The predicted molar refractivity (Wildman–Crippen MR) is 245 cm³/mol. The van der Waals surface area contributed by atoms with E-state index in [1.165, 1.54) is 43.8 Å². The van der Waals surface area contributed by atoms with E-state index < -0.39 is 0 Å². The van der Waals surface area contributed by atoms with Gasteiger partial charge in [-0.2, -0.15) is 0 Å². The van der Waals surface area contributed by atoms with Gasteiger partial charge in [0.25, 0.3) is 0 Å². The Morgan fingerprint density at radius 2 is 0.931 bits per heavy atom. The van der Waals surface area contributed by atoms with E-state index in [9.17, 15) is 0 Å². The Labute approximate surface area is 337 Å². The van der Waals surface area contributed by atoms with Crippen molar-refractivity contribution in [2.45, 2.75) is 0 Å². The number of furan rings is 1. The van der Waals surface area contributed by atoms with Crippen LogP contribution < -0.4 is 4.90 Å². The van der Waals surface area contributed by atoms with Crippen LogP contribution in [0.4, 0.5) is 17.1 Å². The van der Waals surface area contributed by atoms with Gasteiger partial charge in [-0.3, -0.25) is 0 Å². The van der Waals surface area contributed by atoms with Gasteiger partial charge >= 0.3 is 0 Å². The number of para-hydroxylation sites is 2. The molecule has 0 spiro atoms. The van der Waals surface area contributed by atoms with Crippen LogP contribution in [0.2, 0.25) is 0 Å². The monoisotopic (exact) mass is 739 g/mol. The maximum atomic E-state index is 6.95. The second-order valence-corrected chi connectivity index (χ2v) is 14.8. The largest absolute Gasteiger partial charge is 0.455 e. The van der Waals surface area contributed by atoms with Crippen LogP contribution in [0.15, 0.2) is 229 Å². The number of hydrogen-bond donors (Lipinski definition) is 0. The van der Waals surface area contributed by atoms with Crippen molar-refractivity contribution in [2.24, 2.45) is 0 Å². The van der Waals surface area contributed by atoms with Crippen LogP contribution in [0, 0.1) is 0 Å². The number of fused-ring (bicyclic) bond motifs is 5. The Kier molecular flexibility index (Phi) is 8.19. The molecule has 0 atom stereocenters. The third-order valence-corrected chi connectivity index (χ3v) is 11.5. The van der Waals surface area contributed by atoms with E-state index >= 15 is 0 Å². The summed E-state index contributed by atoms with van der Waals surface area (Å²) in [7, 11) is 0. The molecular formula is C56H37NO. The van der Waals surface area contributed by atoms with Crippen LogP contribution in [0.1, 0.15) is 0 Å². The Hall–Kier alpha value is -7.68. The minimum atomic E-state index is 0.860. The van der Waals surface area contributed by atoms with Gasteiger partial charge in [-0.15, -0.1) is 0 Å². The summed E-state index contributed by atoms with van der Waals surface area (Å²) in [5.74, 6) is 0. The van der Waals surface area contributed by atoms with Gasteiger partial charge in [0, 0.05) is 22.2 Å². The van der Waals surface area contributed by atoms with E-state index in [4.69, 9.17) is 4.42 Å². The molecule has 2 nitrogen and oxygen atoms in total. The molecule has 0 radical (unpaired) electrons. The fraction of sp³-hybridized carbons (Fsp3) is 0. The molecular weight excluding hydrogens is 703 g/mol. The van der Waals surface area contributed by atoms with Gasteiger partial charge in [0.15, 0.2) is 0 Å². The summed E-state index contributed by atoms with van der Waals surface area (Å²) in [4.78, 5) is 2.44. The lowest BCUT2D eigenvalue weighted by Gasteiger charge is -2.29. The average Bonchev–Trinajstić information content (AvgIpc) is 3.70. The van der Waals surface area contributed by atoms with E-state index in [1.807, 2.05) is 0 Å². The lowest BCUT2D eigenvalue weighted by atomic mass is 9.92. The fourth-order valence-corrected chi connectivity index (χ4v) is 8.75. The standard InChI is InChI=1S/C56H37NO/c1-2-17-39(18-3-1)45-25-8-9-26-47(45)49-27-10-12-30-52(49)57(44-23-14-22-42(37-44)43-33-32-38-16-4-5-20-41(38)36-43)53-35-34-50(48-29-15-21-40-19-6-7-24-46(40)48)56-55(53)51-28-11-13-31-54(51)58-56/h1-37H. The highest BCUT2D eigenvalue weighted by atomic mass is 16.3. The van der Waals surface area contributed by atoms with Crippen molar-refractivity contribution in [2.75, 3.05) is 4.90 Å². The van der Waals surface area contributed by atoms with Crippen LogP contribution in [0.3, 0.4) is 0 Å². The summed E-state index contributed by atoms with van der Waals surface area (Å²) in [5.41, 5.74) is 14.1. The van der Waals surface area contributed by atoms with Gasteiger partial charge in [-0.05, 0) is 97.4 Å². The lowest BCUT2D eigenvalue weighted by Crippen LogP contribution is -2.12. The molecule has 1 heterocycles. The third kappa shape index (κ3) is 5.74. The van der Waals surface area contributed by atoms with Crippen molar-refractivity contribution >= 4 is 60.5 Å². The van der Waals surface area contributed by atoms with E-state index in [1.54, 1.807) is 0 Å². The molecule has 0 fully saturated rings. The summed E-state index contributed by atoms with van der Waals surface area (Å²) in [5, 5.41) is 7.00. The fourth-order valence-electron chi connectivity index (χ4n) is 8.75. The van der Waals surface area contributed by atoms with Gasteiger partial charge in [0.05, 0.1) is 16.8 Å². The second-order valence-electron chi connectivity index (χ2n) is 14.8. The minimum absolute atomic E-state index is 0.860. The second kappa shape index (κ2) is 14.1. The predicted octanol–water partition coefficient (Wildman–Crippen LogP) is 16.0. The molecule has 11 aromatic rings. The van der Waals surface area contributed by atoms with E-state index in [2.05, 4.69) is 229 Å². The summed E-state index contributed by atoms with van der Waals surface area (Å²) in [6.07, 6.45) is 0. The maximum absolute atomic E-state index is 6.95. The van der Waals surface area contributed by atoms with Crippen LogP contribution in [-0.2, 0) is 0 Å². The number of rotatable bonds is 7. The van der Waals surface area contributed by atoms with E-state index in [-0.39, 0.29) is 0 Å². The molecule has 10 aromatic carbocycles. The first kappa shape index (κ1) is 33.6. The molecule has 0 aliphatic carbocycles. The Balaban J connectivity index is 1.20. The Bertz CT molecular complexity index is 3300. The quantitative estimate of drug-likeness (QED) is 0.162. The molecule has 1 aromatic heterocycles. The molecule has 0 unspecified atom stereocenters. The van der Waals surface area contributed by atoms with Gasteiger partial charge in [0.2, 0.25) is 0 Å². The maximum Gasteiger partial charge on any atom is 0.145 e. The molecule has 272 valence electrons. The first-order chi connectivity index (χ1) is 28.8. The normalized spacial score (nSPS) is 11.4. The number of hydrogen-bond acceptors (Lipinski definition) is 2. The van der Waals surface area contributed by atoms with Crippen molar-refractivity contribution in [3.63, 3.8) is 0 Å². The Morgan fingerprint density at radius 3 is 1.81 bits per heavy atom. The lowest BCUT2D eigenvalue weighted by molar-refractivity contribution is 0.670. The van der Waals surface area contributed by atoms with Gasteiger partial charge in [0.1, 0.15) is 11.2 Å². The summed E-state index contributed by atoms with van der Waals surface area (Å²) < 4.78 is 6.95. The molecule has 11 rings (SSSR count). The Morgan fingerprint density at radius 1 is 0.310 bits per heavy atom. The topological polar surface area (TPSA) is 16.4 Å². The van der Waals surface area contributed by atoms with E-state index in [0.717, 1.165) is 61.3 Å². The zero-order valence-electron chi connectivity index (χ0n) is 31.7. The average molecular weight is 740 g/mol. The van der Waals surface area contributed by atoms with Gasteiger partial charge in [-0.1, -0.05) is 182 Å². The molecule has 0 aliphatic heterocycles. The van der Waals surface area contributed by atoms with Crippen LogP contribution >= 0.6 is 0 Å². The van der Waals surface area contributed by atoms with Crippen molar-refractivity contribution < 1.29 is 4.42 Å². The molecule has 0 saturated carbocycles. The van der Waals surface area contributed by atoms with Gasteiger partial charge < -0.3 is 9.32 Å². The smallest absolute Gasteiger partial charge is 0.145 e. The summed E-state index contributed by atoms with van der Waals surface area (Å²) in [6.45, 7) is 0. The first-order valence-corrected chi connectivity index (χ1v) is 19.8. The summed E-state index contributed by atoms with van der Waals surface area (Å²) >= 11 is 0. The highest BCUT2D eigenvalue weighted by molar-refractivity contribution is 6.19. The zero-order chi connectivity index (χ0) is 38.4. The van der Waals surface area contributed by atoms with Crippen LogP contribution in [0.5, 0.6) is 0 Å². The van der Waals surface area contributed by atoms with Crippen molar-refractivity contribution in [3.8, 4) is 44.5 Å². The van der Waals surface area contributed by atoms with E-state index in [0.29, 0.717) is 0 Å². The highest BCUT2D eigenvalue weighted by Crippen LogP contribution is 2.50. The van der Waals surface area contributed by atoms with Gasteiger partial charge in [-0.25, -0.2) is 0 Å². The molecule has 0 saturated heterocycles. The van der Waals surface area contributed by atoms with Crippen molar-refractivity contribution in [1.29, 1.82) is 0 Å². The number of nitrogens with zero attached hydrogens (tertiary/aromatic N) is 1. The molecule has 0 amide bonds. The molecule has 0 aliphatic rings. The molecule has 2 heteroatoms. The first-order valence-electron chi connectivity index (χ1n) is 19.8. The van der Waals surface area contributed by atoms with Crippen molar-refractivity contribution in [1.82, 2.24) is 0 Å². The number of benzene rings is 10. The molecule has 0 bridgehead atoms. The molecule has 58 heavy (non-hydrogen) atoms. The van der Waals surface area contributed by atoms with Crippen LogP contribution in [0.25, 0.3) is 88.0 Å². The zero-order valence-corrected chi connectivity index (χ0v) is 31.7. The highest BCUT2D eigenvalue weighted by Gasteiger charge is 2.25. The molecule has 0 N–H and O–H groups in total. The number of anilines is 3. The van der Waals surface area contributed by atoms with Crippen molar-refractivity contribution in [3.05, 3.63) is 224 Å². The minimum Gasteiger partial charge on any atom is -0.455 e. The van der Waals surface area contributed by atoms with Crippen LogP contribution in [-0.4, -0.2) is 0 Å². The summed E-state index contributed by atoms with van der Waals surface area (Å²) in [6, 6.07) is 80.7. The third-order valence-electron chi connectivity index (χ3n) is 11.5. The SMILES string of the molecule is c1ccc(-c2ccccc2-c2ccccc2N(c2cccc(-c3ccc4ccccc4c3)c2)c2ccc(-c3cccc4ccccc34)c3oc4ccccc4c23)cc1.